The van der Waals surface area contributed by atoms with Gasteiger partial charge in [-0.3, -0.25) is 0 Å². The molecule has 0 N–H and O–H groups in total. The van der Waals surface area contributed by atoms with Gasteiger partial charge < -0.3 is 9.80 Å². The highest BCUT2D eigenvalue weighted by molar-refractivity contribution is 6.04. The van der Waals surface area contributed by atoms with Crippen molar-refractivity contribution < 1.29 is 0 Å². The van der Waals surface area contributed by atoms with Crippen LogP contribution in [0, 0.1) is 0 Å². The molecule has 1 aliphatic heterocycles. The number of fused-ring (bicyclic) bond motifs is 14. The van der Waals surface area contributed by atoms with Gasteiger partial charge in [0.1, 0.15) is 0 Å². The van der Waals surface area contributed by atoms with Gasteiger partial charge in [-0.05, 0) is 127 Å². The van der Waals surface area contributed by atoms with Crippen LogP contribution < -0.4 is 9.80 Å². The Morgan fingerprint density at radius 1 is 0.292 bits per heavy atom. The summed E-state index contributed by atoms with van der Waals surface area (Å²) in [5.41, 5.74) is 23.6. The van der Waals surface area contributed by atoms with Crippen molar-refractivity contribution >= 4 is 46.3 Å². The average Bonchev–Trinajstić information content (AvgIpc) is 3.49. The second kappa shape index (κ2) is 14.8. The predicted octanol–water partition coefficient (Wildman–Crippen LogP) is 16.8. The molecule has 0 amide bonds. The molecule has 65 heavy (non-hydrogen) atoms. The summed E-state index contributed by atoms with van der Waals surface area (Å²) in [5, 5.41) is 0. The molecule has 0 radical (unpaired) electrons. The van der Waals surface area contributed by atoms with Gasteiger partial charge in [0.15, 0.2) is 0 Å². The normalized spacial score (nSPS) is 13.3. The van der Waals surface area contributed by atoms with Crippen LogP contribution in [0.5, 0.6) is 0 Å². The van der Waals surface area contributed by atoms with Crippen LogP contribution in [0.4, 0.5) is 34.1 Å². The van der Waals surface area contributed by atoms with Crippen molar-refractivity contribution in [2.75, 3.05) is 9.80 Å². The monoisotopic (exact) mass is 826 g/mol. The first-order chi connectivity index (χ1) is 32.3. The molecule has 304 valence electrons. The van der Waals surface area contributed by atoms with Crippen molar-refractivity contribution in [2.24, 2.45) is 0 Å². The molecule has 2 heteroatoms. The van der Waals surface area contributed by atoms with Crippen LogP contribution in [0.15, 0.2) is 243 Å². The molecule has 0 bridgehead atoms. The fourth-order valence-electron chi connectivity index (χ4n) is 11.1. The molecule has 0 fully saturated rings. The molecule has 0 atom stereocenters. The molecular formula is C63H42N2. The number of anilines is 6. The predicted molar refractivity (Wildman–Crippen MR) is 272 cm³/mol. The van der Waals surface area contributed by atoms with E-state index in [4.69, 9.17) is 0 Å². The van der Waals surface area contributed by atoms with Gasteiger partial charge in [-0.25, -0.2) is 0 Å². The fraction of sp³-hybridized carbons (Fsp3) is 0.0159. The van der Waals surface area contributed by atoms with Gasteiger partial charge in [-0.1, -0.05) is 194 Å². The molecule has 2 nitrogen and oxygen atoms in total. The summed E-state index contributed by atoms with van der Waals surface area (Å²) >= 11 is 0. The smallest absolute Gasteiger partial charge is 0.0725 e. The van der Waals surface area contributed by atoms with Crippen LogP contribution >= 0.6 is 0 Å². The quantitative estimate of drug-likeness (QED) is 0.171. The third-order valence-electron chi connectivity index (χ3n) is 13.8. The van der Waals surface area contributed by atoms with E-state index in [9.17, 15) is 0 Å². The molecule has 10 aromatic carbocycles. The maximum absolute atomic E-state index is 2.49. The molecule has 1 spiro atoms. The highest BCUT2D eigenvalue weighted by atomic mass is 15.2. The maximum atomic E-state index is 2.49. The maximum Gasteiger partial charge on any atom is 0.0725 e. The minimum Gasteiger partial charge on any atom is -0.310 e. The van der Waals surface area contributed by atoms with Crippen molar-refractivity contribution in [3.05, 3.63) is 276 Å². The number of hydrogen-bond donors (Lipinski definition) is 0. The van der Waals surface area contributed by atoms with Crippen LogP contribution in [-0.2, 0) is 5.41 Å². The number of hydrogen-bond acceptors (Lipinski definition) is 2. The number of benzene rings is 10. The molecule has 10 aromatic rings. The Balaban J connectivity index is 1.07. The van der Waals surface area contributed by atoms with E-state index in [1.54, 1.807) is 0 Å². The van der Waals surface area contributed by atoms with Gasteiger partial charge in [0.05, 0.1) is 16.8 Å². The average molecular weight is 827 g/mol. The van der Waals surface area contributed by atoms with Gasteiger partial charge in [-0.15, -0.1) is 0 Å². The summed E-state index contributed by atoms with van der Waals surface area (Å²) < 4.78 is 0. The summed E-state index contributed by atoms with van der Waals surface area (Å²) in [7, 11) is 0. The fourth-order valence-corrected chi connectivity index (χ4v) is 11.1. The van der Waals surface area contributed by atoms with Gasteiger partial charge in [0.2, 0.25) is 0 Å². The van der Waals surface area contributed by atoms with Crippen molar-refractivity contribution in [1.82, 2.24) is 0 Å². The second-order valence-electron chi connectivity index (χ2n) is 17.2. The van der Waals surface area contributed by atoms with Crippen molar-refractivity contribution in [3.8, 4) is 44.5 Å². The number of para-hydroxylation sites is 3. The summed E-state index contributed by atoms with van der Waals surface area (Å²) in [6.07, 6.45) is 4.61. The lowest BCUT2D eigenvalue weighted by Gasteiger charge is -2.36. The Labute approximate surface area is 380 Å². The van der Waals surface area contributed by atoms with Crippen LogP contribution in [0.25, 0.3) is 56.7 Å². The lowest BCUT2D eigenvalue weighted by atomic mass is 9.66. The Kier molecular flexibility index (Phi) is 8.47. The third kappa shape index (κ3) is 5.67. The van der Waals surface area contributed by atoms with Crippen molar-refractivity contribution in [2.45, 2.75) is 5.41 Å². The van der Waals surface area contributed by atoms with Crippen LogP contribution in [0.3, 0.4) is 0 Å². The number of rotatable bonds is 5. The van der Waals surface area contributed by atoms with E-state index in [2.05, 4.69) is 265 Å². The molecule has 1 heterocycles. The molecule has 0 saturated carbocycles. The Bertz CT molecular complexity index is 3440. The van der Waals surface area contributed by atoms with Crippen LogP contribution in [0.1, 0.15) is 33.4 Å². The Morgan fingerprint density at radius 3 is 1.42 bits per heavy atom. The second-order valence-corrected chi connectivity index (χ2v) is 17.2. The first kappa shape index (κ1) is 37.1. The summed E-state index contributed by atoms with van der Waals surface area (Å²) in [6, 6.07) is 89.5. The summed E-state index contributed by atoms with van der Waals surface area (Å²) in [4.78, 5) is 4.88. The number of nitrogens with zero attached hydrogens (tertiary/aromatic N) is 2. The zero-order chi connectivity index (χ0) is 42.9. The standard InChI is InChI=1S/C63H42N2/c1-3-17-43(18-4-1)44-33-35-48(36-34-44)64(49-37-39-51-54-24-10-15-29-61(54)65(47-21-5-2-6-22-47)62-30-16-11-25-55(62)56(51)41-49)50-38-40-53-52-23-9-14-28-59(52)63(60(53)42-50)57-26-12-7-19-45(57)31-32-46-20-8-13-27-58(46)63/h1-42H. The van der Waals surface area contributed by atoms with Gasteiger partial charge in [0, 0.05) is 33.9 Å². The molecule has 13 rings (SSSR count). The van der Waals surface area contributed by atoms with E-state index in [0.29, 0.717) is 0 Å². The van der Waals surface area contributed by atoms with Gasteiger partial charge >= 0.3 is 0 Å². The zero-order valence-electron chi connectivity index (χ0n) is 35.6. The highest BCUT2D eigenvalue weighted by Gasteiger charge is 2.48. The van der Waals surface area contributed by atoms with E-state index in [0.717, 1.165) is 34.1 Å². The lowest BCUT2D eigenvalue weighted by Crippen LogP contribution is -2.30. The van der Waals surface area contributed by atoms with E-state index in [-0.39, 0.29) is 0 Å². The Morgan fingerprint density at radius 2 is 0.754 bits per heavy atom. The molecule has 2 aliphatic carbocycles. The molecule has 3 aliphatic rings. The van der Waals surface area contributed by atoms with E-state index in [1.165, 1.54) is 77.9 Å². The molecule has 0 saturated heterocycles. The minimum absolute atomic E-state index is 0.543. The van der Waals surface area contributed by atoms with Crippen molar-refractivity contribution in [1.29, 1.82) is 0 Å². The van der Waals surface area contributed by atoms with Crippen molar-refractivity contribution in [3.63, 3.8) is 0 Å². The van der Waals surface area contributed by atoms with E-state index in [1.807, 2.05) is 0 Å². The first-order valence-electron chi connectivity index (χ1n) is 22.5. The molecule has 0 aromatic heterocycles. The van der Waals surface area contributed by atoms with Gasteiger partial charge in [-0.2, -0.15) is 0 Å². The molecule has 0 unspecified atom stereocenters. The van der Waals surface area contributed by atoms with E-state index < -0.39 is 5.41 Å². The van der Waals surface area contributed by atoms with Crippen LogP contribution in [-0.4, -0.2) is 0 Å². The minimum atomic E-state index is -0.543. The first-order valence-corrected chi connectivity index (χ1v) is 22.5. The highest BCUT2D eigenvalue weighted by Crippen LogP contribution is 2.60. The van der Waals surface area contributed by atoms with Gasteiger partial charge in [0.25, 0.3) is 0 Å². The third-order valence-corrected chi connectivity index (χ3v) is 13.8. The topological polar surface area (TPSA) is 6.48 Å². The van der Waals surface area contributed by atoms with E-state index >= 15 is 0 Å². The summed E-state index contributed by atoms with van der Waals surface area (Å²) in [5.74, 6) is 0. The van der Waals surface area contributed by atoms with Crippen LogP contribution in [0.2, 0.25) is 0 Å². The zero-order valence-corrected chi connectivity index (χ0v) is 35.6. The lowest BCUT2D eigenvalue weighted by molar-refractivity contribution is 0.766. The Hall–Kier alpha value is -8.46. The summed E-state index contributed by atoms with van der Waals surface area (Å²) in [6.45, 7) is 0. The SMILES string of the molecule is C1=Cc2ccccc2C2(c3ccccc31)c1ccccc1-c1ccc(N(c3ccc(-c4ccccc4)cc3)c3ccc4c(c3)-c3ccccc3N(c3ccccc3)c3ccccc3-4)cc12. The largest absolute Gasteiger partial charge is 0.310 e. The molecular weight excluding hydrogens is 785 g/mol.